The SMILES string of the molecule is FC(F)(F)CN1CCCN(CCBr)CC1. The van der Waals surface area contributed by atoms with Crippen LogP contribution in [0.3, 0.4) is 0 Å². The van der Waals surface area contributed by atoms with Crippen LogP contribution < -0.4 is 0 Å². The summed E-state index contributed by atoms with van der Waals surface area (Å²) in [6.07, 6.45) is -3.24. The molecule has 1 aliphatic rings. The molecule has 0 amide bonds. The second-order valence-corrected chi connectivity index (χ2v) is 4.57. The lowest BCUT2D eigenvalue weighted by Crippen LogP contribution is -2.37. The van der Waals surface area contributed by atoms with E-state index in [0.717, 1.165) is 31.4 Å². The fourth-order valence-corrected chi connectivity index (χ4v) is 2.28. The molecule has 1 fully saturated rings. The molecule has 0 aromatic heterocycles. The third-order valence-electron chi connectivity index (χ3n) is 2.48. The third-order valence-corrected chi connectivity index (χ3v) is 2.84. The summed E-state index contributed by atoms with van der Waals surface area (Å²) < 4.78 is 36.5. The lowest BCUT2D eigenvalue weighted by molar-refractivity contribution is -0.145. The summed E-state index contributed by atoms with van der Waals surface area (Å²) in [5.74, 6) is 0. The van der Waals surface area contributed by atoms with Crippen molar-refractivity contribution in [3.8, 4) is 0 Å². The smallest absolute Gasteiger partial charge is 0.301 e. The molecule has 0 bridgehead atoms. The second-order valence-electron chi connectivity index (χ2n) is 3.78. The van der Waals surface area contributed by atoms with Gasteiger partial charge in [-0.3, -0.25) is 4.90 Å². The highest BCUT2D eigenvalue weighted by Gasteiger charge is 2.31. The van der Waals surface area contributed by atoms with Crippen LogP contribution in [0.2, 0.25) is 0 Å². The minimum Gasteiger partial charge on any atom is -0.301 e. The maximum Gasteiger partial charge on any atom is 0.401 e. The van der Waals surface area contributed by atoms with Crippen molar-refractivity contribution in [3.05, 3.63) is 0 Å². The minimum absolute atomic E-state index is 0.520. The Kier molecular flexibility index (Phi) is 5.35. The van der Waals surface area contributed by atoms with Crippen LogP contribution in [0.25, 0.3) is 0 Å². The first-order valence-corrected chi connectivity index (χ1v) is 6.21. The Morgan fingerprint density at radius 3 is 2.20 bits per heavy atom. The van der Waals surface area contributed by atoms with Gasteiger partial charge < -0.3 is 4.90 Å². The van der Waals surface area contributed by atoms with Crippen LogP contribution in [0.5, 0.6) is 0 Å². The first kappa shape index (κ1) is 13.3. The van der Waals surface area contributed by atoms with Gasteiger partial charge in [-0.2, -0.15) is 13.2 Å². The van der Waals surface area contributed by atoms with Gasteiger partial charge in [0, 0.05) is 25.0 Å². The van der Waals surface area contributed by atoms with E-state index in [-0.39, 0.29) is 0 Å². The van der Waals surface area contributed by atoms with E-state index in [1.54, 1.807) is 0 Å². The number of alkyl halides is 4. The summed E-state index contributed by atoms with van der Waals surface area (Å²) in [6.45, 7) is 2.86. The predicted molar refractivity (Wildman–Crippen MR) is 57.3 cm³/mol. The van der Waals surface area contributed by atoms with Gasteiger partial charge in [-0.15, -0.1) is 0 Å². The summed E-state index contributed by atoms with van der Waals surface area (Å²) in [7, 11) is 0. The molecular weight excluding hydrogens is 273 g/mol. The summed E-state index contributed by atoms with van der Waals surface area (Å²) in [5, 5.41) is 0.881. The zero-order valence-electron chi connectivity index (χ0n) is 8.56. The van der Waals surface area contributed by atoms with Crippen LogP contribution in [-0.4, -0.2) is 60.6 Å². The molecule has 6 heteroatoms. The molecule has 0 aromatic rings. The first-order chi connectivity index (χ1) is 7.01. The Bertz CT molecular complexity index is 187. The molecule has 0 saturated carbocycles. The zero-order chi connectivity index (χ0) is 11.3. The van der Waals surface area contributed by atoms with Gasteiger partial charge in [0.25, 0.3) is 0 Å². The van der Waals surface area contributed by atoms with Crippen molar-refractivity contribution < 1.29 is 13.2 Å². The average molecular weight is 289 g/mol. The molecule has 1 rings (SSSR count). The van der Waals surface area contributed by atoms with Gasteiger partial charge in [0.2, 0.25) is 0 Å². The fourth-order valence-electron chi connectivity index (χ4n) is 1.78. The quantitative estimate of drug-likeness (QED) is 0.733. The van der Waals surface area contributed by atoms with Crippen LogP contribution in [0.1, 0.15) is 6.42 Å². The molecule has 0 radical (unpaired) electrons. The topological polar surface area (TPSA) is 6.48 Å². The van der Waals surface area contributed by atoms with Crippen molar-refractivity contribution in [2.75, 3.05) is 44.6 Å². The molecule has 0 aliphatic carbocycles. The van der Waals surface area contributed by atoms with Crippen LogP contribution in [-0.2, 0) is 0 Å². The molecule has 1 heterocycles. The highest BCUT2D eigenvalue weighted by Crippen LogP contribution is 2.17. The van der Waals surface area contributed by atoms with Gasteiger partial charge in [0.15, 0.2) is 0 Å². The molecule has 90 valence electrons. The summed E-state index contributed by atoms with van der Waals surface area (Å²) in [5.41, 5.74) is 0. The molecule has 15 heavy (non-hydrogen) atoms. The Hall–Kier alpha value is 0.190. The number of hydrogen-bond acceptors (Lipinski definition) is 2. The van der Waals surface area contributed by atoms with Gasteiger partial charge in [-0.1, -0.05) is 15.9 Å². The van der Waals surface area contributed by atoms with E-state index in [2.05, 4.69) is 20.8 Å². The van der Waals surface area contributed by atoms with E-state index in [9.17, 15) is 13.2 Å². The summed E-state index contributed by atoms with van der Waals surface area (Å²) in [6, 6.07) is 0. The van der Waals surface area contributed by atoms with Crippen molar-refractivity contribution in [2.24, 2.45) is 0 Å². The van der Waals surface area contributed by atoms with E-state index in [1.807, 2.05) is 0 Å². The monoisotopic (exact) mass is 288 g/mol. The largest absolute Gasteiger partial charge is 0.401 e. The number of hydrogen-bond donors (Lipinski definition) is 0. The first-order valence-electron chi connectivity index (χ1n) is 5.09. The molecule has 2 nitrogen and oxygen atoms in total. The highest BCUT2D eigenvalue weighted by molar-refractivity contribution is 9.09. The van der Waals surface area contributed by atoms with Crippen LogP contribution in [0.15, 0.2) is 0 Å². The van der Waals surface area contributed by atoms with Crippen molar-refractivity contribution in [2.45, 2.75) is 12.6 Å². The Balaban J connectivity index is 2.32. The van der Waals surface area contributed by atoms with E-state index < -0.39 is 12.7 Å². The van der Waals surface area contributed by atoms with Gasteiger partial charge >= 0.3 is 6.18 Å². The zero-order valence-corrected chi connectivity index (χ0v) is 10.1. The molecule has 1 saturated heterocycles. The standard InChI is InChI=1S/C9H16BrF3N2/c10-2-5-14-3-1-4-15(7-6-14)8-9(11,12)13/h1-8H2. The Labute approximate surface area is 96.5 Å². The lowest BCUT2D eigenvalue weighted by atomic mass is 10.4. The Morgan fingerprint density at radius 1 is 1.00 bits per heavy atom. The van der Waals surface area contributed by atoms with Crippen LogP contribution in [0, 0.1) is 0 Å². The normalized spacial score (nSPS) is 21.6. The van der Waals surface area contributed by atoms with E-state index in [4.69, 9.17) is 0 Å². The van der Waals surface area contributed by atoms with Crippen LogP contribution in [0.4, 0.5) is 13.2 Å². The van der Waals surface area contributed by atoms with E-state index >= 15 is 0 Å². The predicted octanol–water partition coefficient (Wildman–Crippen LogP) is 1.95. The van der Waals surface area contributed by atoms with Gasteiger partial charge in [0.1, 0.15) is 0 Å². The molecule has 0 aromatic carbocycles. The lowest BCUT2D eigenvalue weighted by Gasteiger charge is -2.22. The molecule has 0 N–H and O–H groups in total. The summed E-state index contributed by atoms with van der Waals surface area (Å²) in [4.78, 5) is 3.69. The summed E-state index contributed by atoms with van der Waals surface area (Å²) >= 11 is 3.34. The van der Waals surface area contributed by atoms with Crippen LogP contribution >= 0.6 is 15.9 Å². The molecule has 0 atom stereocenters. The van der Waals surface area contributed by atoms with Crippen molar-refractivity contribution >= 4 is 15.9 Å². The minimum atomic E-state index is -4.06. The van der Waals surface area contributed by atoms with Crippen molar-refractivity contribution in [1.29, 1.82) is 0 Å². The third kappa shape index (κ3) is 5.73. The maximum atomic E-state index is 12.2. The van der Waals surface area contributed by atoms with Crippen molar-refractivity contribution in [1.82, 2.24) is 9.80 Å². The van der Waals surface area contributed by atoms with Gasteiger partial charge in [-0.25, -0.2) is 0 Å². The van der Waals surface area contributed by atoms with E-state index in [1.165, 1.54) is 4.90 Å². The molecule has 1 aliphatic heterocycles. The molecule has 0 unspecified atom stereocenters. The average Bonchev–Trinajstić information content (AvgIpc) is 2.29. The number of halogens is 4. The molecular formula is C9H16BrF3N2. The van der Waals surface area contributed by atoms with E-state index in [0.29, 0.717) is 13.1 Å². The fraction of sp³-hybridized carbons (Fsp3) is 1.00. The molecule has 0 spiro atoms. The number of nitrogens with zero attached hydrogens (tertiary/aromatic N) is 2. The van der Waals surface area contributed by atoms with Gasteiger partial charge in [0.05, 0.1) is 6.54 Å². The van der Waals surface area contributed by atoms with Crippen molar-refractivity contribution in [3.63, 3.8) is 0 Å². The highest BCUT2D eigenvalue weighted by atomic mass is 79.9. The van der Waals surface area contributed by atoms with Gasteiger partial charge in [-0.05, 0) is 19.5 Å². The number of rotatable bonds is 3. The maximum absolute atomic E-state index is 12.2. The Morgan fingerprint density at radius 2 is 1.60 bits per heavy atom. The second kappa shape index (κ2) is 6.06.